The number of hydrogen-bond acceptors (Lipinski definition) is 7. The molecule has 3 N–H and O–H groups in total. The van der Waals surface area contributed by atoms with Crippen molar-refractivity contribution in [1.29, 1.82) is 0 Å². The van der Waals surface area contributed by atoms with E-state index in [0.29, 0.717) is 45.6 Å². The van der Waals surface area contributed by atoms with Gasteiger partial charge in [-0.05, 0) is 54.2 Å². The van der Waals surface area contributed by atoms with E-state index in [1.54, 1.807) is 4.90 Å². The second kappa shape index (κ2) is 13.1. The van der Waals surface area contributed by atoms with Crippen molar-refractivity contribution in [1.82, 2.24) is 9.21 Å². The highest BCUT2D eigenvalue weighted by molar-refractivity contribution is 7.89. The Kier molecular flexibility index (Phi) is 9.51. The van der Waals surface area contributed by atoms with Crippen LogP contribution >= 0.6 is 0 Å². The fraction of sp³-hybridized carbons (Fsp3) is 0.548. The molecule has 10 nitrogen and oxygen atoms in total. The number of likely N-dealkylation sites (tertiary alicyclic amines) is 1. The van der Waals surface area contributed by atoms with Gasteiger partial charge >= 0.3 is 5.97 Å². The van der Waals surface area contributed by atoms with Crippen molar-refractivity contribution in [2.24, 2.45) is 11.7 Å². The number of anilines is 1. The first kappa shape index (κ1) is 30.5. The first-order valence-corrected chi connectivity index (χ1v) is 16.6. The topological polar surface area (TPSA) is 133 Å². The second-order valence-electron chi connectivity index (χ2n) is 11.6. The molecule has 3 atom stereocenters. The average Bonchev–Trinajstić information content (AvgIpc) is 3.68. The maximum atomic E-state index is 14.0. The molecule has 0 bridgehead atoms. The van der Waals surface area contributed by atoms with Crippen LogP contribution in [0.3, 0.4) is 0 Å². The smallest absolute Gasteiger partial charge is 0.308 e. The summed E-state index contributed by atoms with van der Waals surface area (Å²) in [7, 11) is -3.33. The molecule has 1 amide bonds. The minimum atomic E-state index is -3.33. The fourth-order valence-corrected chi connectivity index (χ4v) is 8.21. The number of benzene rings is 2. The summed E-state index contributed by atoms with van der Waals surface area (Å²) in [5.41, 5.74) is 9.57. The van der Waals surface area contributed by atoms with E-state index in [1.165, 1.54) is 4.31 Å². The van der Waals surface area contributed by atoms with Gasteiger partial charge in [-0.2, -0.15) is 0 Å². The summed E-state index contributed by atoms with van der Waals surface area (Å²) in [6.45, 7) is 4.72. The summed E-state index contributed by atoms with van der Waals surface area (Å²) in [6.07, 6.45) is 3.44. The third-order valence-electron chi connectivity index (χ3n) is 8.89. The molecule has 3 aliphatic heterocycles. The van der Waals surface area contributed by atoms with Crippen molar-refractivity contribution in [3.63, 3.8) is 0 Å². The van der Waals surface area contributed by atoms with Gasteiger partial charge in [0.15, 0.2) is 0 Å². The number of sulfonamides is 1. The molecule has 0 aromatic heterocycles. The van der Waals surface area contributed by atoms with Gasteiger partial charge in [0.05, 0.1) is 24.8 Å². The van der Waals surface area contributed by atoms with Crippen LogP contribution in [-0.4, -0.2) is 85.7 Å². The zero-order valence-electron chi connectivity index (χ0n) is 24.3. The minimum Gasteiger partial charge on any atom is -0.493 e. The molecule has 3 heterocycles. The number of nitrogens with zero attached hydrogens (tertiary/aromatic N) is 3. The van der Waals surface area contributed by atoms with Gasteiger partial charge in [0.2, 0.25) is 15.9 Å². The van der Waals surface area contributed by atoms with Gasteiger partial charge in [-0.15, -0.1) is 0 Å². The van der Waals surface area contributed by atoms with Gasteiger partial charge in [-0.3, -0.25) is 14.5 Å². The predicted octanol–water partition coefficient (Wildman–Crippen LogP) is 2.81. The first-order valence-electron chi connectivity index (χ1n) is 15.0. The molecule has 11 heteroatoms. The molecule has 2 saturated heterocycles. The molecule has 228 valence electrons. The van der Waals surface area contributed by atoms with Gasteiger partial charge < -0.3 is 20.5 Å². The maximum absolute atomic E-state index is 14.0. The lowest BCUT2D eigenvalue weighted by Gasteiger charge is -2.30. The molecule has 2 aromatic rings. The van der Waals surface area contributed by atoms with Gasteiger partial charge in [0.25, 0.3) is 0 Å². The van der Waals surface area contributed by atoms with Crippen LogP contribution in [0.25, 0.3) is 0 Å². The Hall–Kier alpha value is -2.99. The van der Waals surface area contributed by atoms with E-state index in [0.717, 1.165) is 47.4 Å². The molecular weight excluding hydrogens is 556 g/mol. The number of carbonyl (C=O) groups is 2. The molecule has 0 unspecified atom stereocenters. The molecule has 0 saturated carbocycles. The van der Waals surface area contributed by atoms with E-state index in [4.69, 9.17) is 10.5 Å². The molecule has 0 radical (unpaired) electrons. The zero-order chi connectivity index (χ0) is 29.9. The molecular formula is C31H42N4O6S. The number of fused-ring (bicyclic) bond motifs is 1. The lowest BCUT2D eigenvalue weighted by Crippen LogP contribution is -2.45. The molecule has 2 fully saturated rings. The lowest BCUT2D eigenvalue weighted by atomic mass is 9.83. The minimum absolute atomic E-state index is 0.0440. The van der Waals surface area contributed by atoms with E-state index >= 15 is 0 Å². The number of ether oxygens (including phenoxy) is 1. The highest BCUT2D eigenvalue weighted by atomic mass is 32.2. The van der Waals surface area contributed by atoms with Crippen LogP contribution in [0.4, 0.5) is 5.69 Å². The normalized spacial score (nSPS) is 23.5. The van der Waals surface area contributed by atoms with Crippen molar-refractivity contribution in [3.05, 3.63) is 59.2 Å². The Morgan fingerprint density at radius 2 is 2.02 bits per heavy atom. The number of carboxylic acids is 1. The van der Waals surface area contributed by atoms with Crippen molar-refractivity contribution in [2.75, 3.05) is 50.0 Å². The number of carboxylic acid groups (broad SMARTS) is 1. The van der Waals surface area contributed by atoms with Crippen LogP contribution in [0.15, 0.2) is 42.5 Å². The molecule has 3 aliphatic rings. The summed E-state index contributed by atoms with van der Waals surface area (Å²) in [4.78, 5) is 30.6. The molecule has 0 spiro atoms. The van der Waals surface area contributed by atoms with E-state index in [9.17, 15) is 23.1 Å². The Morgan fingerprint density at radius 1 is 1.19 bits per heavy atom. The van der Waals surface area contributed by atoms with Crippen LogP contribution in [0.1, 0.15) is 55.2 Å². The molecule has 42 heavy (non-hydrogen) atoms. The zero-order valence-corrected chi connectivity index (χ0v) is 25.1. The van der Waals surface area contributed by atoms with Crippen molar-refractivity contribution >= 4 is 27.6 Å². The number of carbonyl (C=O) groups excluding carboxylic acids is 1. The molecule has 0 aliphatic carbocycles. The van der Waals surface area contributed by atoms with Gasteiger partial charge in [-0.1, -0.05) is 37.6 Å². The summed E-state index contributed by atoms with van der Waals surface area (Å²) >= 11 is 0. The quantitative estimate of drug-likeness (QED) is 0.381. The summed E-state index contributed by atoms with van der Waals surface area (Å²) < 4.78 is 32.2. The van der Waals surface area contributed by atoms with Crippen LogP contribution in [0, 0.1) is 5.92 Å². The van der Waals surface area contributed by atoms with Crippen molar-refractivity contribution in [2.45, 2.75) is 57.5 Å². The number of unbranched alkanes of at least 4 members (excludes halogenated alkanes) is 1. The van der Waals surface area contributed by atoms with Crippen LogP contribution in [0.2, 0.25) is 0 Å². The summed E-state index contributed by atoms with van der Waals surface area (Å²) in [5, 5.41) is 10.5. The lowest BCUT2D eigenvalue weighted by molar-refractivity contribution is -0.143. The molecule has 2 aromatic carbocycles. The summed E-state index contributed by atoms with van der Waals surface area (Å²) in [6, 6.07) is 13.1. The Labute approximate surface area is 248 Å². The largest absolute Gasteiger partial charge is 0.493 e. The van der Waals surface area contributed by atoms with E-state index in [2.05, 4.69) is 6.92 Å². The number of aliphatic carboxylic acids is 1. The Balaban J connectivity index is 1.44. The maximum Gasteiger partial charge on any atom is 0.308 e. The highest BCUT2D eigenvalue weighted by Crippen LogP contribution is 2.41. The summed E-state index contributed by atoms with van der Waals surface area (Å²) in [5.74, 6) is -1.21. The van der Waals surface area contributed by atoms with Crippen molar-refractivity contribution in [3.8, 4) is 5.75 Å². The fourth-order valence-electron chi connectivity index (χ4n) is 6.67. The van der Waals surface area contributed by atoms with Crippen LogP contribution in [-0.2, 0) is 32.6 Å². The number of hydrogen-bond donors (Lipinski definition) is 2. The van der Waals surface area contributed by atoms with Gasteiger partial charge in [0.1, 0.15) is 5.75 Å². The average molecular weight is 599 g/mol. The Morgan fingerprint density at radius 3 is 2.74 bits per heavy atom. The van der Waals surface area contributed by atoms with E-state index in [1.807, 2.05) is 47.4 Å². The van der Waals surface area contributed by atoms with Crippen LogP contribution in [0.5, 0.6) is 5.75 Å². The van der Waals surface area contributed by atoms with Gasteiger partial charge in [0, 0.05) is 56.8 Å². The van der Waals surface area contributed by atoms with E-state index < -0.39 is 28.0 Å². The van der Waals surface area contributed by atoms with Gasteiger partial charge in [-0.25, -0.2) is 12.7 Å². The van der Waals surface area contributed by atoms with Crippen LogP contribution < -0.4 is 15.4 Å². The van der Waals surface area contributed by atoms with E-state index in [-0.39, 0.29) is 30.7 Å². The number of nitrogens with two attached hydrogens (primary N) is 1. The standard InChI is InChI=1S/C31H42N4O6S/c1-2-3-13-35(25-7-4-6-22(17-25)19-32)29(36)21-33-20-26(23-8-9-28-24(18-23)11-15-41-28)30(31(37)38)27(33)10-14-34-12-5-16-42(34,39)40/h4,6-9,17-18,26-27,30H,2-3,5,10-16,19-21,32H2,1H3,(H,37,38)/t26-,27+,30-/m1/s1. The number of rotatable bonds is 12. The number of amides is 1. The predicted molar refractivity (Wildman–Crippen MR) is 161 cm³/mol. The second-order valence-corrected chi connectivity index (χ2v) is 13.7. The molecule has 5 rings (SSSR count). The van der Waals surface area contributed by atoms with Crippen molar-refractivity contribution < 1.29 is 27.9 Å². The monoisotopic (exact) mass is 598 g/mol. The third-order valence-corrected chi connectivity index (χ3v) is 10.8. The SMILES string of the molecule is CCCCN(C(=O)CN1C[C@H](c2ccc3c(c2)CCO3)[C@@H](C(=O)O)[C@@H]1CCN1CCCS1(=O)=O)c1cccc(CN)c1. The third kappa shape index (κ3) is 6.49. The Bertz CT molecular complexity index is 1400. The first-order chi connectivity index (χ1) is 20.2. The highest BCUT2D eigenvalue weighted by Gasteiger charge is 2.48.